The van der Waals surface area contributed by atoms with Crippen LogP contribution in [0.5, 0.6) is 17.2 Å². The van der Waals surface area contributed by atoms with Gasteiger partial charge in [0.05, 0.1) is 24.3 Å². The van der Waals surface area contributed by atoms with Crippen molar-refractivity contribution in [3.8, 4) is 17.2 Å². The quantitative estimate of drug-likeness (QED) is 0.300. The molecule has 2 aromatic carbocycles. The summed E-state index contributed by atoms with van der Waals surface area (Å²) in [6.07, 6.45) is 3.52. The second-order valence-electron chi connectivity index (χ2n) is 6.61. The summed E-state index contributed by atoms with van der Waals surface area (Å²) >= 11 is 4.93. The standard InChI is InChI=1S/C24H25BrN2O4S/c1-5-12-31-21-15-19(25)16(13-20(21)30-7-3)14-22-23(28)27(6-2)24(32-22)26-17-8-10-18(29-4)11-9-17/h5,8-11,13-15H,1,6-7,12H2,2-4H3/b22-14+,26-24?. The Labute approximate surface area is 201 Å². The van der Waals surface area contributed by atoms with E-state index in [0.29, 0.717) is 41.3 Å². The smallest absolute Gasteiger partial charge is 0.266 e. The molecule has 8 heteroatoms. The summed E-state index contributed by atoms with van der Waals surface area (Å²) in [5.41, 5.74) is 1.57. The number of amidine groups is 1. The Balaban J connectivity index is 1.93. The third-order valence-electron chi connectivity index (χ3n) is 4.51. The molecule has 1 heterocycles. The van der Waals surface area contributed by atoms with Crippen molar-refractivity contribution in [1.29, 1.82) is 0 Å². The molecular formula is C24H25BrN2O4S. The van der Waals surface area contributed by atoms with E-state index in [2.05, 4.69) is 27.5 Å². The second-order valence-corrected chi connectivity index (χ2v) is 8.47. The average Bonchev–Trinajstić information content (AvgIpc) is 3.09. The third kappa shape index (κ3) is 5.55. The number of hydrogen-bond donors (Lipinski definition) is 0. The number of methoxy groups -OCH3 is 1. The average molecular weight is 517 g/mol. The first kappa shape index (κ1) is 23.9. The molecule has 0 N–H and O–H groups in total. The highest BCUT2D eigenvalue weighted by Gasteiger charge is 2.32. The van der Waals surface area contributed by atoms with Gasteiger partial charge in [-0.1, -0.05) is 28.6 Å². The van der Waals surface area contributed by atoms with Crippen molar-refractivity contribution in [3.63, 3.8) is 0 Å². The molecule has 0 atom stereocenters. The summed E-state index contributed by atoms with van der Waals surface area (Å²) in [5, 5.41) is 0.640. The SMILES string of the molecule is C=CCOc1cc(Br)c(/C=C2/SC(=Nc3ccc(OC)cc3)N(CC)C2=O)cc1OCC. The van der Waals surface area contributed by atoms with Crippen LogP contribution in [-0.2, 0) is 4.79 Å². The van der Waals surface area contributed by atoms with Crippen molar-refractivity contribution in [2.75, 3.05) is 26.9 Å². The lowest BCUT2D eigenvalue weighted by Crippen LogP contribution is -2.28. The first-order chi connectivity index (χ1) is 15.5. The number of halogens is 1. The molecule has 0 bridgehead atoms. The summed E-state index contributed by atoms with van der Waals surface area (Å²) in [6.45, 7) is 8.92. The number of carbonyl (C=O) groups is 1. The van der Waals surface area contributed by atoms with Crippen LogP contribution < -0.4 is 14.2 Å². The van der Waals surface area contributed by atoms with Gasteiger partial charge in [-0.3, -0.25) is 9.69 Å². The lowest BCUT2D eigenvalue weighted by Gasteiger charge is -2.13. The van der Waals surface area contributed by atoms with Crippen LogP contribution in [-0.4, -0.2) is 42.8 Å². The molecule has 1 fully saturated rings. The molecule has 0 radical (unpaired) electrons. The highest BCUT2D eigenvalue weighted by atomic mass is 79.9. The van der Waals surface area contributed by atoms with E-state index >= 15 is 0 Å². The van der Waals surface area contributed by atoms with Crippen LogP contribution in [0.1, 0.15) is 19.4 Å². The molecule has 3 rings (SSSR count). The number of aliphatic imine (C=N–C) groups is 1. The van der Waals surface area contributed by atoms with Crippen LogP contribution >= 0.6 is 27.7 Å². The van der Waals surface area contributed by atoms with E-state index in [1.165, 1.54) is 11.8 Å². The molecule has 0 spiro atoms. The molecule has 0 saturated carbocycles. The molecule has 1 saturated heterocycles. The zero-order valence-corrected chi connectivity index (χ0v) is 20.7. The number of carbonyl (C=O) groups excluding carboxylic acids is 1. The molecule has 0 aromatic heterocycles. The molecule has 168 valence electrons. The van der Waals surface area contributed by atoms with Crippen LogP contribution in [0.2, 0.25) is 0 Å². The van der Waals surface area contributed by atoms with Crippen molar-refractivity contribution < 1.29 is 19.0 Å². The van der Waals surface area contributed by atoms with E-state index in [-0.39, 0.29) is 5.91 Å². The van der Waals surface area contributed by atoms with Crippen molar-refractivity contribution in [2.45, 2.75) is 13.8 Å². The number of hydrogen-bond acceptors (Lipinski definition) is 6. The van der Waals surface area contributed by atoms with Crippen LogP contribution in [0, 0.1) is 0 Å². The molecule has 1 aliphatic rings. The van der Waals surface area contributed by atoms with Gasteiger partial charge in [-0.2, -0.15) is 0 Å². The van der Waals surface area contributed by atoms with Gasteiger partial charge in [-0.15, -0.1) is 0 Å². The van der Waals surface area contributed by atoms with Crippen LogP contribution in [0.15, 0.2) is 63.4 Å². The number of amides is 1. The minimum Gasteiger partial charge on any atom is -0.497 e. The molecule has 1 aliphatic heterocycles. The van der Waals surface area contributed by atoms with Crippen molar-refractivity contribution in [2.24, 2.45) is 4.99 Å². The Morgan fingerprint density at radius 1 is 1.16 bits per heavy atom. The van der Waals surface area contributed by atoms with Gasteiger partial charge in [-0.05, 0) is 73.6 Å². The maximum atomic E-state index is 13.0. The predicted molar refractivity (Wildman–Crippen MR) is 134 cm³/mol. The van der Waals surface area contributed by atoms with Crippen LogP contribution in [0.4, 0.5) is 5.69 Å². The van der Waals surface area contributed by atoms with E-state index < -0.39 is 0 Å². The summed E-state index contributed by atoms with van der Waals surface area (Å²) in [6, 6.07) is 11.1. The number of thioether (sulfide) groups is 1. The van der Waals surface area contributed by atoms with Crippen LogP contribution in [0.3, 0.4) is 0 Å². The minimum absolute atomic E-state index is 0.0818. The Kier molecular flexibility index (Phi) is 8.41. The molecule has 0 aliphatic carbocycles. The molecule has 0 unspecified atom stereocenters. The molecule has 2 aromatic rings. The fourth-order valence-electron chi connectivity index (χ4n) is 2.97. The number of ether oxygens (including phenoxy) is 3. The second kappa shape index (κ2) is 11.2. The fourth-order valence-corrected chi connectivity index (χ4v) is 4.46. The van der Waals surface area contributed by atoms with Gasteiger partial charge in [0.2, 0.25) is 0 Å². The van der Waals surface area contributed by atoms with Crippen molar-refractivity contribution >= 4 is 50.5 Å². The summed E-state index contributed by atoms with van der Waals surface area (Å²) in [5.74, 6) is 1.90. The number of likely N-dealkylation sites (N-methyl/N-ethyl adjacent to an activating group) is 1. The Bertz CT molecular complexity index is 1050. The molecular weight excluding hydrogens is 492 g/mol. The van der Waals surface area contributed by atoms with E-state index in [4.69, 9.17) is 14.2 Å². The zero-order valence-electron chi connectivity index (χ0n) is 18.3. The minimum atomic E-state index is -0.0818. The van der Waals surface area contributed by atoms with E-state index in [1.54, 1.807) is 18.1 Å². The van der Waals surface area contributed by atoms with Crippen molar-refractivity contribution in [1.82, 2.24) is 4.90 Å². The van der Waals surface area contributed by atoms with Crippen LogP contribution in [0.25, 0.3) is 6.08 Å². The Hall–Kier alpha value is -2.71. The number of benzene rings is 2. The monoisotopic (exact) mass is 516 g/mol. The normalized spacial score (nSPS) is 16.0. The lowest BCUT2D eigenvalue weighted by molar-refractivity contribution is -0.122. The Morgan fingerprint density at radius 2 is 1.88 bits per heavy atom. The van der Waals surface area contributed by atoms with Gasteiger partial charge in [0.1, 0.15) is 12.4 Å². The zero-order chi connectivity index (χ0) is 23.1. The van der Waals surface area contributed by atoms with E-state index in [0.717, 1.165) is 21.5 Å². The Morgan fingerprint density at radius 3 is 2.50 bits per heavy atom. The third-order valence-corrected chi connectivity index (χ3v) is 6.20. The highest BCUT2D eigenvalue weighted by Crippen LogP contribution is 2.39. The molecule has 32 heavy (non-hydrogen) atoms. The first-order valence-corrected chi connectivity index (χ1v) is 11.8. The van der Waals surface area contributed by atoms with Gasteiger partial charge in [0.25, 0.3) is 5.91 Å². The van der Waals surface area contributed by atoms with Gasteiger partial charge < -0.3 is 14.2 Å². The van der Waals surface area contributed by atoms with Gasteiger partial charge in [0.15, 0.2) is 16.7 Å². The molecule has 6 nitrogen and oxygen atoms in total. The maximum Gasteiger partial charge on any atom is 0.266 e. The van der Waals surface area contributed by atoms with E-state index in [9.17, 15) is 4.79 Å². The van der Waals surface area contributed by atoms with Gasteiger partial charge >= 0.3 is 0 Å². The molecule has 1 amide bonds. The van der Waals surface area contributed by atoms with Gasteiger partial charge in [-0.25, -0.2) is 4.99 Å². The topological polar surface area (TPSA) is 60.4 Å². The summed E-state index contributed by atoms with van der Waals surface area (Å²) in [7, 11) is 1.62. The van der Waals surface area contributed by atoms with E-state index in [1.807, 2.05) is 56.3 Å². The fraction of sp³-hybridized carbons (Fsp3) is 0.250. The summed E-state index contributed by atoms with van der Waals surface area (Å²) in [4.78, 5) is 19.9. The predicted octanol–water partition coefficient (Wildman–Crippen LogP) is 6.05. The largest absolute Gasteiger partial charge is 0.497 e. The first-order valence-electron chi connectivity index (χ1n) is 10.1. The number of nitrogens with zero attached hydrogens (tertiary/aromatic N) is 2. The maximum absolute atomic E-state index is 13.0. The van der Waals surface area contributed by atoms with Crippen molar-refractivity contribution in [3.05, 3.63) is 64.0 Å². The highest BCUT2D eigenvalue weighted by molar-refractivity contribution is 9.10. The lowest BCUT2D eigenvalue weighted by atomic mass is 10.2. The van der Waals surface area contributed by atoms with Gasteiger partial charge in [0, 0.05) is 11.0 Å². The summed E-state index contributed by atoms with van der Waals surface area (Å²) < 4.78 is 17.4. The number of rotatable bonds is 9.